The van der Waals surface area contributed by atoms with Crippen molar-refractivity contribution >= 4 is 11.0 Å². The summed E-state index contributed by atoms with van der Waals surface area (Å²) >= 11 is 0. The van der Waals surface area contributed by atoms with Gasteiger partial charge in [0, 0.05) is 17.8 Å². The number of furan rings is 1. The molecule has 0 saturated heterocycles. The summed E-state index contributed by atoms with van der Waals surface area (Å²) in [5.41, 5.74) is 7.04. The largest absolute Gasteiger partial charge is 0.459 e. The van der Waals surface area contributed by atoms with E-state index in [0.717, 1.165) is 27.9 Å². The summed E-state index contributed by atoms with van der Waals surface area (Å²) in [6.45, 7) is 4.10. The molecule has 4 heteroatoms. The normalized spacial score (nSPS) is 12.8. The van der Waals surface area contributed by atoms with Crippen LogP contribution in [0, 0.1) is 13.8 Å². The van der Waals surface area contributed by atoms with Crippen LogP contribution in [0.25, 0.3) is 11.0 Å². The van der Waals surface area contributed by atoms with Crippen molar-refractivity contribution in [3.63, 3.8) is 0 Å². The van der Waals surface area contributed by atoms with Crippen LogP contribution < -0.4 is 11.3 Å². The number of aromatic nitrogens is 1. The number of hydrogen-bond acceptors (Lipinski definition) is 4. The fourth-order valence-corrected chi connectivity index (χ4v) is 2.43. The van der Waals surface area contributed by atoms with Gasteiger partial charge >= 0.3 is 0 Å². The van der Waals surface area contributed by atoms with E-state index in [1.807, 2.05) is 37.4 Å². The molecular formula is C16H17N3O. The number of rotatable bonds is 3. The SMILES string of the molecule is Cc1ccc2oc(C(NN)c3cnccc3C)cc2c1. The minimum atomic E-state index is -0.198. The summed E-state index contributed by atoms with van der Waals surface area (Å²) in [4.78, 5) is 4.17. The van der Waals surface area contributed by atoms with Crippen molar-refractivity contribution in [3.8, 4) is 0 Å². The van der Waals surface area contributed by atoms with Crippen LogP contribution in [-0.4, -0.2) is 4.98 Å². The Kier molecular flexibility index (Phi) is 3.26. The van der Waals surface area contributed by atoms with Gasteiger partial charge in [0.1, 0.15) is 17.4 Å². The maximum Gasteiger partial charge on any atom is 0.134 e. The van der Waals surface area contributed by atoms with Gasteiger partial charge < -0.3 is 4.42 Å². The first-order valence-corrected chi connectivity index (χ1v) is 6.56. The van der Waals surface area contributed by atoms with Crippen molar-refractivity contribution in [1.29, 1.82) is 0 Å². The van der Waals surface area contributed by atoms with E-state index >= 15 is 0 Å². The summed E-state index contributed by atoms with van der Waals surface area (Å²) < 4.78 is 5.92. The third-order valence-electron chi connectivity index (χ3n) is 3.53. The van der Waals surface area contributed by atoms with E-state index in [4.69, 9.17) is 10.3 Å². The Hall–Kier alpha value is -2.17. The first-order valence-electron chi connectivity index (χ1n) is 6.56. The van der Waals surface area contributed by atoms with Gasteiger partial charge in [-0.15, -0.1) is 0 Å². The first-order chi connectivity index (χ1) is 9.69. The Bertz CT molecular complexity index is 748. The van der Waals surface area contributed by atoms with Crippen molar-refractivity contribution in [1.82, 2.24) is 10.4 Å². The predicted molar refractivity (Wildman–Crippen MR) is 79.1 cm³/mol. The number of pyridine rings is 1. The van der Waals surface area contributed by atoms with Crippen LogP contribution in [0.4, 0.5) is 0 Å². The van der Waals surface area contributed by atoms with Crippen molar-refractivity contribution in [2.45, 2.75) is 19.9 Å². The number of nitrogens with zero attached hydrogens (tertiary/aromatic N) is 1. The van der Waals surface area contributed by atoms with E-state index in [2.05, 4.69) is 23.4 Å². The fourth-order valence-electron chi connectivity index (χ4n) is 2.43. The second-order valence-corrected chi connectivity index (χ2v) is 5.02. The quantitative estimate of drug-likeness (QED) is 0.565. The summed E-state index contributed by atoms with van der Waals surface area (Å²) in [5, 5.41) is 1.08. The highest BCUT2D eigenvalue weighted by Crippen LogP contribution is 2.29. The zero-order valence-corrected chi connectivity index (χ0v) is 11.6. The zero-order chi connectivity index (χ0) is 14.1. The summed E-state index contributed by atoms with van der Waals surface area (Å²) in [6.07, 6.45) is 3.59. The lowest BCUT2D eigenvalue weighted by atomic mass is 10.0. The monoisotopic (exact) mass is 267 g/mol. The maximum absolute atomic E-state index is 5.92. The molecule has 4 nitrogen and oxygen atoms in total. The smallest absolute Gasteiger partial charge is 0.134 e. The second-order valence-electron chi connectivity index (χ2n) is 5.02. The topological polar surface area (TPSA) is 64.1 Å². The molecule has 0 saturated carbocycles. The van der Waals surface area contributed by atoms with Crippen molar-refractivity contribution < 1.29 is 4.42 Å². The van der Waals surface area contributed by atoms with E-state index in [1.54, 1.807) is 6.20 Å². The number of nitrogens with one attached hydrogen (secondary N) is 1. The van der Waals surface area contributed by atoms with E-state index in [-0.39, 0.29) is 6.04 Å². The van der Waals surface area contributed by atoms with Crippen molar-refractivity contribution in [2.75, 3.05) is 0 Å². The summed E-state index contributed by atoms with van der Waals surface area (Å²) in [7, 11) is 0. The minimum Gasteiger partial charge on any atom is -0.459 e. The highest BCUT2D eigenvalue weighted by Gasteiger charge is 2.19. The Balaban J connectivity index is 2.10. The van der Waals surface area contributed by atoms with Gasteiger partial charge in [-0.2, -0.15) is 0 Å². The van der Waals surface area contributed by atoms with Crippen LogP contribution in [0.3, 0.4) is 0 Å². The molecule has 2 heterocycles. The Morgan fingerprint density at radius 2 is 2.05 bits per heavy atom. The third kappa shape index (κ3) is 2.19. The molecule has 0 spiro atoms. The summed E-state index contributed by atoms with van der Waals surface area (Å²) in [5.74, 6) is 6.52. The molecule has 0 radical (unpaired) electrons. The lowest BCUT2D eigenvalue weighted by molar-refractivity contribution is 0.475. The average Bonchev–Trinajstić information content (AvgIpc) is 2.84. The van der Waals surface area contributed by atoms with Gasteiger partial charge in [0.05, 0.1) is 0 Å². The van der Waals surface area contributed by atoms with E-state index in [1.165, 1.54) is 5.56 Å². The van der Waals surface area contributed by atoms with E-state index in [9.17, 15) is 0 Å². The fraction of sp³-hybridized carbons (Fsp3) is 0.188. The van der Waals surface area contributed by atoms with Gasteiger partial charge in [-0.05, 0) is 49.2 Å². The number of aryl methyl sites for hydroxylation is 2. The maximum atomic E-state index is 5.92. The van der Waals surface area contributed by atoms with Crippen molar-refractivity contribution in [3.05, 3.63) is 65.2 Å². The van der Waals surface area contributed by atoms with Crippen LogP contribution in [0.5, 0.6) is 0 Å². The molecule has 0 aliphatic carbocycles. The number of hydrogen-bond donors (Lipinski definition) is 2. The number of fused-ring (bicyclic) bond motifs is 1. The molecule has 3 aromatic rings. The van der Waals surface area contributed by atoms with Crippen molar-refractivity contribution in [2.24, 2.45) is 5.84 Å². The highest BCUT2D eigenvalue weighted by atomic mass is 16.3. The molecule has 0 amide bonds. The second kappa shape index (κ2) is 5.07. The van der Waals surface area contributed by atoms with E-state index in [0.29, 0.717) is 0 Å². The molecule has 3 rings (SSSR count). The summed E-state index contributed by atoms with van der Waals surface area (Å²) in [6, 6.07) is 9.92. The molecule has 1 aromatic carbocycles. The third-order valence-corrected chi connectivity index (χ3v) is 3.53. The highest BCUT2D eigenvalue weighted by molar-refractivity contribution is 5.79. The molecule has 1 unspecified atom stereocenters. The molecule has 20 heavy (non-hydrogen) atoms. The lowest BCUT2D eigenvalue weighted by Gasteiger charge is -2.15. The number of hydrazine groups is 1. The van der Waals surface area contributed by atoms with Gasteiger partial charge in [-0.3, -0.25) is 10.8 Å². The number of benzene rings is 1. The Labute approximate surface area is 117 Å². The molecule has 0 bridgehead atoms. The zero-order valence-electron chi connectivity index (χ0n) is 11.6. The van der Waals surface area contributed by atoms with Crippen LogP contribution in [0.1, 0.15) is 28.5 Å². The standard InChI is InChI=1S/C16H17N3O/c1-10-3-4-14-12(7-10)8-15(20-14)16(19-17)13-9-18-6-5-11(13)2/h3-9,16,19H,17H2,1-2H3. The Morgan fingerprint density at radius 1 is 1.20 bits per heavy atom. The van der Waals surface area contributed by atoms with E-state index < -0.39 is 0 Å². The van der Waals surface area contributed by atoms with Gasteiger partial charge in [0.15, 0.2) is 0 Å². The van der Waals surface area contributed by atoms with Gasteiger partial charge in [-0.25, -0.2) is 5.43 Å². The molecule has 0 aliphatic rings. The first kappa shape index (κ1) is 12.8. The number of nitrogens with two attached hydrogens (primary N) is 1. The average molecular weight is 267 g/mol. The molecule has 0 fully saturated rings. The van der Waals surface area contributed by atoms with Gasteiger partial charge in [0.25, 0.3) is 0 Å². The molecule has 3 N–H and O–H groups in total. The van der Waals surface area contributed by atoms with Gasteiger partial charge in [0.2, 0.25) is 0 Å². The lowest BCUT2D eigenvalue weighted by Crippen LogP contribution is -2.29. The van der Waals surface area contributed by atoms with Crippen LogP contribution >= 0.6 is 0 Å². The van der Waals surface area contributed by atoms with Crippen LogP contribution in [-0.2, 0) is 0 Å². The van der Waals surface area contributed by atoms with Crippen LogP contribution in [0.15, 0.2) is 47.1 Å². The van der Waals surface area contributed by atoms with Crippen LogP contribution in [0.2, 0.25) is 0 Å². The molecule has 102 valence electrons. The minimum absolute atomic E-state index is 0.198. The predicted octanol–water partition coefficient (Wildman–Crippen LogP) is 3.00. The Morgan fingerprint density at radius 3 is 2.80 bits per heavy atom. The molecule has 2 aromatic heterocycles. The van der Waals surface area contributed by atoms with Gasteiger partial charge in [-0.1, -0.05) is 11.6 Å². The molecule has 0 aliphatic heterocycles. The molecule has 1 atom stereocenters. The molecular weight excluding hydrogens is 250 g/mol.